The summed E-state index contributed by atoms with van der Waals surface area (Å²) in [5, 5.41) is 5.07. The summed E-state index contributed by atoms with van der Waals surface area (Å²) in [7, 11) is 0. The molecule has 0 fully saturated rings. The standard InChI is InChI=1S/C17H15N3O4S/c1-10-11-5-2-3-6-12(11)24-15(10)17(23)20-19-14(21)9-18-16(22)13-7-4-8-25-13/h2-8H,9H2,1H3,(H,18,22)(H,19,21)(H,20,23). The maximum atomic E-state index is 12.2. The molecule has 3 aromatic rings. The van der Waals surface area contributed by atoms with Crippen LogP contribution in [0.3, 0.4) is 0 Å². The van der Waals surface area contributed by atoms with Crippen LogP contribution in [0.5, 0.6) is 0 Å². The van der Waals surface area contributed by atoms with Crippen LogP contribution in [0.2, 0.25) is 0 Å². The quantitative estimate of drug-likeness (QED) is 0.622. The molecule has 0 unspecified atom stereocenters. The minimum absolute atomic E-state index is 0.129. The number of para-hydroxylation sites is 1. The van der Waals surface area contributed by atoms with E-state index < -0.39 is 11.8 Å². The van der Waals surface area contributed by atoms with Crippen molar-refractivity contribution in [3.05, 3.63) is 58.0 Å². The summed E-state index contributed by atoms with van der Waals surface area (Å²) in [5.41, 5.74) is 5.81. The lowest BCUT2D eigenvalue weighted by Gasteiger charge is -2.07. The number of hydrazine groups is 1. The number of thiophene rings is 1. The van der Waals surface area contributed by atoms with Gasteiger partial charge in [0.25, 0.3) is 11.8 Å². The molecule has 8 heteroatoms. The maximum Gasteiger partial charge on any atom is 0.305 e. The molecule has 25 heavy (non-hydrogen) atoms. The molecule has 0 saturated carbocycles. The highest BCUT2D eigenvalue weighted by atomic mass is 32.1. The van der Waals surface area contributed by atoms with Gasteiger partial charge in [-0.15, -0.1) is 11.3 Å². The first-order valence-electron chi connectivity index (χ1n) is 7.45. The number of benzene rings is 1. The smallest absolute Gasteiger partial charge is 0.305 e. The van der Waals surface area contributed by atoms with E-state index in [1.54, 1.807) is 30.5 Å². The second-order valence-electron chi connectivity index (χ2n) is 5.21. The van der Waals surface area contributed by atoms with Gasteiger partial charge in [-0.25, -0.2) is 0 Å². The molecule has 0 aliphatic heterocycles. The Morgan fingerprint density at radius 2 is 1.84 bits per heavy atom. The summed E-state index contributed by atoms with van der Waals surface area (Å²) in [6, 6.07) is 10.7. The lowest BCUT2D eigenvalue weighted by Crippen LogP contribution is -2.46. The molecule has 0 aliphatic carbocycles. The molecule has 3 N–H and O–H groups in total. The van der Waals surface area contributed by atoms with E-state index in [0.717, 1.165) is 5.39 Å². The molecule has 0 spiro atoms. The molecule has 2 heterocycles. The Kier molecular flexibility index (Phi) is 4.80. The second-order valence-corrected chi connectivity index (χ2v) is 6.16. The SMILES string of the molecule is Cc1c(C(=O)NNC(=O)CNC(=O)c2cccs2)oc2ccccc12. The first-order valence-corrected chi connectivity index (χ1v) is 8.33. The lowest BCUT2D eigenvalue weighted by atomic mass is 10.1. The molecule has 0 saturated heterocycles. The van der Waals surface area contributed by atoms with E-state index in [-0.39, 0.29) is 18.2 Å². The van der Waals surface area contributed by atoms with E-state index >= 15 is 0 Å². The van der Waals surface area contributed by atoms with Crippen molar-refractivity contribution in [1.29, 1.82) is 0 Å². The van der Waals surface area contributed by atoms with Crippen LogP contribution in [-0.2, 0) is 4.79 Å². The fourth-order valence-electron chi connectivity index (χ4n) is 2.27. The van der Waals surface area contributed by atoms with Gasteiger partial charge in [-0.05, 0) is 24.4 Å². The van der Waals surface area contributed by atoms with E-state index in [9.17, 15) is 14.4 Å². The monoisotopic (exact) mass is 357 g/mol. The molecule has 128 valence electrons. The normalized spacial score (nSPS) is 10.4. The number of furan rings is 1. The lowest BCUT2D eigenvalue weighted by molar-refractivity contribution is -0.120. The first-order chi connectivity index (χ1) is 12.1. The molecule has 2 aromatic heterocycles. The topological polar surface area (TPSA) is 100 Å². The number of amides is 3. The van der Waals surface area contributed by atoms with E-state index in [0.29, 0.717) is 16.0 Å². The van der Waals surface area contributed by atoms with Crippen LogP contribution in [0.25, 0.3) is 11.0 Å². The van der Waals surface area contributed by atoms with Gasteiger partial charge in [-0.1, -0.05) is 24.3 Å². The van der Waals surface area contributed by atoms with Gasteiger partial charge in [-0.2, -0.15) is 0 Å². The van der Waals surface area contributed by atoms with Gasteiger partial charge >= 0.3 is 5.91 Å². The highest BCUT2D eigenvalue weighted by Gasteiger charge is 2.18. The number of carbonyl (C=O) groups excluding carboxylic acids is 3. The number of nitrogens with one attached hydrogen (secondary N) is 3. The summed E-state index contributed by atoms with van der Waals surface area (Å²) in [6.45, 7) is 1.51. The van der Waals surface area contributed by atoms with Crippen molar-refractivity contribution >= 4 is 40.0 Å². The van der Waals surface area contributed by atoms with Crippen molar-refractivity contribution in [2.24, 2.45) is 0 Å². The summed E-state index contributed by atoms with van der Waals surface area (Å²) >= 11 is 1.28. The molecule has 0 aliphatic rings. The van der Waals surface area contributed by atoms with Crippen molar-refractivity contribution in [3.8, 4) is 0 Å². The van der Waals surface area contributed by atoms with Gasteiger partial charge in [-0.3, -0.25) is 25.2 Å². The van der Waals surface area contributed by atoms with Crippen molar-refractivity contribution in [1.82, 2.24) is 16.2 Å². The Balaban J connectivity index is 1.53. The molecule has 0 radical (unpaired) electrons. The van der Waals surface area contributed by atoms with Crippen LogP contribution in [-0.4, -0.2) is 24.3 Å². The predicted octanol–water partition coefficient (Wildman–Crippen LogP) is 1.99. The van der Waals surface area contributed by atoms with Gasteiger partial charge < -0.3 is 9.73 Å². The van der Waals surface area contributed by atoms with Crippen molar-refractivity contribution < 1.29 is 18.8 Å². The molecule has 0 atom stereocenters. The summed E-state index contributed by atoms with van der Waals surface area (Å²) in [5.74, 6) is -1.33. The number of carbonyl (C=O) groups is 3. The molecule has 3 rings (SSSR count). The molecular formula is C17H15N3O4S. The Morgan fingerprint density at radius 3 is 2.56 bits per heavy atom. The van der Waals surface area contributed by atoms with Gasteiger partial charge in [0, 0.05) is 10.9 Å². The average molecular weight is 357 g/mol. The van der Waals surface area contributed by atoms with Crippen molar-refractivity contribution in [2.45, 2.75) is 6.92 Å². The van der Waals surface area contributed by atoms with Crippen molar-refractivity contribution in [2.75, 3.05) is 6.54 Å². The highest BCUT2D eigenvalue weighted by molar-refractivity contribution is 7.12. The molecular weight excluding hydrogens is 342 g/mol. The molecule has 1 aromatic carbocycles. The summed E-state index contributed by atoms with van der Waals surface area (Å²) in [6.07, 6.45) is 0. The number of aryl methyl sites for hydroxylation is 1. The Hall–Kier alpha value is -3.13. The molecule has 3 amide bonds. The van der Waals surface area contributed by atoms with E-state index in [4.69, 9.17) is 4.42 Å². The van der Waals surface area contributed by atoms with E-state index in [1.807, 2.05) is 18.2 Å². The van der Waals surface area contributed by atoms with Gasteiger partial charge in [0.2, 0.25) is 0 Å². The summed E-state index contributed by atoms with van der Waals surface area (Å²) in [4.78, 5) is 36.1. The van der Waals surface area contributed by atoms with Gasteiger partial charge in [0.1, 0.15) is 5.58 Å². The van der Waals surface area contributed by atoms with Crippen LogP contribution < -0.4 is 16.2 Å². The van der Waals surface area contributed by atoms with Crippen LogP contribution in [0.15, 0.2) is 46.2 Å². The van der Waals surface area contributed by atoms with Crippen LogP contribution in [0.4, 0.5) is 0 Å². The fraction of sp³-hybridized carbons (Fsp3) is 0.118. The first kappa shape index (κ1) is 16.7. The number of fused-ring (bicyclic) bond motifs is 1. The third kappa shape index (κ3) is 3.69. The molecule has 7 nitrogen and oxygen atoms in total. The largest absolute Gasteiger partial charge is 0.451 e. The third-order valence-corrected chi connectivity index (χ3v) is 4.39. The third-order valence-electron chi connectivity index (χ3n) is 3.52. The minimum atomic E-state index is -0.563. The fourth-order valence-corrected chi connectivity index (χ4v) is 2.91. The Bertz CT molecular complexity index is 931. The maximum absolute atomic E-state index is 12.2. The predicted molar refractivity (Wildman–Crippen MR) is 93.2 cm³/mol. The van der Waals surface area contributed by atoms with Crippen LogP contribution in [0, 0.1) is 6.92 Å². The number of hydrogen-bond donors (Lipinski definition) is 3. The summed E-state index contributed by atoms with van der Waals surface area (Å²) < 4.78 is 5.51. The zero-order chi connectivity index (χ0) is 17.8. The van der Waals surface area contributed by atoms with E-state index in [2.05, 4.69) is 16.2 Å². The second kappa shape index (κ2) is 7.18. The average Bonchev–Trinajstić information content (AvgIpc) is 3.26. The van der Waals surface area contributed by atoms with E-state index in [1.165, 1.54) is 11.3 Å². The van der Waals surface area contributed by atoms with Crippen LogP contribution >= 0.6 is 11.3 Å². The number of rotatable bonds is 4. The highest BCUT2D eigenvalue weighted by Crippen LogP contribution is 2.24. The Labute approximate surface area is 147 Å². The zero-order valence-corrected chi connectivity index (χ0v) is 14.1. The van der Waals surface area contributed by atoms with Crippen molar-refractivity contribution in [3.63, 3.8) is 0 Å². The van der Waals surface area contributed by atoms with Gasteiger partial charge in [0.05, 0.1) is 11.4 Å². The zero-order valence-electron chi connectivity index (χ0n) is 13.3. The minimum Gasteiger partial charge on any atom is -0.451 e. The number of hydrogen-bond acceptors (Lipinski definition) is 5. The van der Waals surface area contributed by atoms with Crippen LogP contribution in [0.1, 0.15) is 25.8 Å². The Morgan fingerprint density at radius 1 is 1.04 bits per heavy atom. The van der Waals surface area contributed by atoms with Gasteiger partial charge in [0.15, 0.2) is 5.76 Å². The molecule has 0 bridgehead atoms.